The van der Waals surface area contributed by atoms with Crippen molar-refractivity contribution in [2.75, 3.05) is 18.6 Å². The van der Waals surface area contributed by atoms with Gasteiger partial charge < -0.3 is 5.32 Å². The van der Waals surface area contributed by atoms with Crippen LogP contribution in [-0.2, 0) is 6.54 Å². The molecule has 0 aliphatic carbocycles. The van der Waals surface area contributed by atoms with Gasteiger partial charge in [-0.3, -0.25) is 0 Å². The summed E-state index contributed by atoms with van der Waals surface area (Å²) in [4.78, 5) is 2.78. The molecule has 0 aliphatic rings. The number of aryl methyl sites for hydroxylation is 1. The van der Waals surface area contributed by atoms with Crippen LogP contribution in [0.25, 0.3) is 0 Å². The van der Waals surface area contributed by atoms with E-state index in [1.165, 1.54) is 20.0 Å². The molecule has 15 heavy (non-hydrogen) atoms. The van der Waals surface area contributed by atoms with Crippen LogP contribution in [-0.4, -0.2) is 18.6 Å². The van der Waals surface area contributed by atoms with Gasteiger partial charge in [0, 0.05) is 20.8 Å². The number of rotatable bonds is 6. The van der Waals surface area contributed by atoms with Crippen molar-refractivity contribution in [2.24, 2.45) is 5.92 Å². The Labute approximate surface area is 109 Å². The standard InChI is InChI=1S/C11H18BrNS2/c1-8(7-14-3)5-13-6-10-4-11(12)9(2)15-10/h4,8,13H,5-7H2,1-3H3. The third-order valence-corrected chi connectivity index (χ3v) is 5.19. The van der Waals surface area contributed by atoms with Crippen LogP contribution in [0.3, 0.4) is 0 Å². The molecule has 1 aromatic rings. The van der Waals surface area contributed by atoms with Gasteiger partial charge in [0.25, 0.3) is 0 Å². The Kier molecular flexibility index (Phi) is 6.27. The van der Waals surface area contributed by atoms with E-state index >= 15 is 0 Å². The van der Waals surface area contributed by atoms with E-state index in [4.69, 9.17) is 0 Å². The fraction of sp³-hybridized carbons (Fsp3) is 0.636. The summed E-state index contributed by atoms with van der Waals surface area (Å²) in [5, 5.41) is 3.50. The van der Waals surface area contributed by atoms with Crippen LogP contribution in [0.1, 0.15) is 16.7 Å². The highest BCUT2D eigenvalue weighted by molar-refractivity contribution is 9.10. The van der Waals surface area contributed by atoms with Crippen molar-refractivity contribution in [3.8, 4) is 0 Å². The van der Waals surface area contributed by atoms with E-state index in [1.54, 1.807) is 0 Å². The predicted octanol–water partition coefficient (Wildman–Crippen LogP) is 3.91. The lowest BCUT2D eigenvalue weighted by Crippen LogP contribution is -2.21. The summed E-state index contributed by atoms with van der Waals surface area (Å²) in [6, 6.07) is 2.21. The van der Waals surface area contributed by atoms with Gasteiger partial charge in [0.1, 0.15) is 0 Å². The zero-order valence-corrected chi connectivity index (χ0v) is 12.7. The van der Waals surface area contributed by atoms with Gasteiger partial charge >= 0.3 is 0 Å². The highest BCUT2D eigenvalue weighted by atomic mass is 79.9. The minimum absolute atomic E-state index is 0.754. The van der Waals surface area contributed by atoms with Gasteiger partial charge in [-0.25, -0.2) is 0 Å². The highest BCUT2D eigenvalue weighted by Crippen LogP contribution is 2.26. The maximum absolute atomic E-state index is 3.54. The van der Waals surface area contributed by atoms with Gasteiger partial charge in [0.15, 0.2) is 0 Å². The molecule has 86 valence electrons. The van der Waals surface area contributed by atoms with Gasteiger partial charge in [-0.2, -0.15) is 11.8 Å². The number of halogens is 1. The summed E-state index contributed by atoms with van der Waals surface area (Å²) in [5.74, 6) is 1.99. The molecule has 1 nitrogen and oxygen atoms in total. The van der Waals surface area contributed by atoms with Gasteiger partial charge in [-0.1, -0.05) is 6.92 Å². The molecule has 1 aromatic heterocycles. The van der Waals surface area contributed by atoms with E-state index in [0.29, 0.717) is 0 Å². The first-order valence-corrected chi connectivity index (χ1v) is 8.08. The van der Waals surface area contributed by atoms with Crippen molar-refractivity contribution in [1.82, 2.24) is 5.32 Å². The first kappa shape index (κ1) is 13.6. The Morgan fingerprint density at radius 3 is 2.87 bits per heavy atom. The van der Waals surface area contributed by atoms with E-state index in [9.17, 15) is 0 Å². The molecule has 4 heteroatoms. The van der Waals surface area contributed by atoms with Crippen LogP contribution in [0.2, 0.25) is 0 Å². The number of thioether (sulfide) groups is 1. The molecule has 0 saturated heterocycles. The maximum Gasteiger partial charge on any atom is 0.0314 e. The summed E-state index contributed by atoms with van der Waals surface area (Å²) in [6.07, 6.45) is 2.16. The number of nitrogens with one attached hydrogen (secondary N) is 1. The van der Waals surface area contributed by atoms with Crippen LogP contribution in [0.15, 0.2) is 10.5 Å². The molecule has 0 fully saturated rings. The minimum atomic E-state index is 0.754. The van der Waals surface area contributed by atoms with Crippen LogP contribution in [0.4, 0.5) is 0 Å². The third-order valence-electron chi connectivity index (χ3n) is 2.15. The lowest BCUT2D eigenvalue weighted by molar-refractivity contribution is 0.562. The molecule has 0 spiro atoms. The molecule has 1 heterocycles. The highest BCUT2D eigenvalue weighted by Gasteiger charge is 2.04. The zero-order chi connectivity index (χ0) is 11.3. The van der Waals surface area contributed by atoms with Crippen molar-refractivity contribution in [2.45, 2.75) is 20.4 Å². The van der Waals surface area contributed by atoms with Crippen LogP contribution >= 0.6 is 39.0 Å². The Bertz CT molecular complexity index is 279. The molecule has 1 atom stereocenters. The minimum Gasteiger partial charge on any atom is -0.312 e. The second kappa shape index (κ2) is 6.94. The first-order valence-electron chi connectivity index (χ1n) is 5.08. The van der Waals surface area contributed by atoms with Crippen molar-refractivity contribution in [3.05, 3.63) is 20.3 Å². The fourth-order valence-corrected chi connectivity index (χ4v) is 3.65. The molecule has 0 saturated carbocycles. The van der Waals surface area contributed by atoms with Crippen molar-refractivity contribution >= 4 is 39.0 Å². The first-order chi connectivity index (χ1) is 7.13. The smallest absolute Gasteiger partial charge is 0.0314 e. The van der Waals surface area contributed by atoms with Crippen molar-refractivity contribution in [3.63, 3.8) is 0 Å². The monoisotopic (exact) mass is 307 g/mol. The molecule has 1 unspecified atom stereocenters. The number of hydrogen-bond donors (Lipinski definition) is 1. The van der Waals surface area contributed by atoms with Crippen molar-refractivity contribution < 1.29 is 0 Å². The second-order valence-electron chi connectivity index (χ2n) is 3.81. The average molecular weight is 308 g/mol. The lowest BCUT2D eigenvalue weighted by Gasteiger charge is -2.09. The molecule has 0 amide bonds. The summed E-state index contributed by atoms with van der Waals surface area (Å²) in [7, 11) is 0. The van der Waals surface area contributed by atoms with E-state index in [-0.39, 0.29) is 0 Å². The number of thiophene rings is 1. The molecule has 0 bridgehead atoms. The molecule has 0 radical (unpaired) electrons. The molecule has 0 aromatic carbocycles. The topological polar surface area (TPSA) is 12.0 Å². The lowest BCUT2D eigenvalue weighted by atomic mass is 10.2. The SMILES string of the molecule is CSCC(C)CNCc1cc(Br)c(C)s1. The van der Waals surface area contributed by atoms with Crippen LogP contribution in [0.5, 0.6) is 0 Å². The van der Waals surface area contributed by atoms with E-state index in [2.05, 4.69) is 47.4 Å². The Morgan fingerprint density at radius 1 is 1.60 bits per heavy atom. The van der Waals surface area contributed by atoms with Gasteiger partial charge in [0.2, 0.25) is 0 Å². The third kappa shape index (κ3) is 4.89. The molecular weight excluding hydrogens is 290 g/mol. The zero-order valence-electron chi connectivity index (χ0n) is 9.47. The molecule has 1 rings (SSSR count). The summed E-state index contributed by atoms with van der Waals surface area (Å²) >= 11 is 7.32. The predicted molar refractivity (Wildman–Crippen MR) is 76.0 cm³/mol. The summed E-state index contributed by atoms with van der Waals surface area (Å²) < 4.78 is 1.24. The Balaban J connectivity index is 2.25. The van der Waals surface area contributed by atoms with Gasteiger partial charge in [-0.15, -0.1) is 11.3 Å². The summed E-state index contributed by atoms with van der Waals surface area (Å²) in [6.45, 7) is 6.54. The Morgan fingerprint density at radius 2 is 2.33 bits per heavy atom. The fourth-order valence-electron chi connectivity index (χ4n) is 1.39. The molecule has 0 aliphatic heterocycles. The van der Waals surface area contributed by atoms with E-state index in [0.717, 1.165) is 19.0 Å². The Hall–Kier alpha value is 0.490. The van der Waals surface area contributed by atoms with Crippen LogP contribution < -0.4 is 5.32 Å². The van der Waals surface area contributed by atoms with Gasteiger partial charge in [0.05, 0.1) is 0 Å². The maximum atomic E-state index is 3.54. The molecular formula is C11H18BrNS2. The largest absolute Gasteiger partial charge is 0.312 e. The van der Waals surface area contributed by atoms with E-state index < -0.39 is 0 Å². The normalized spacial score (nSPS) is 13.1. The second-order valence-corrected chi connectivity index (χ2v) is 6.91. The van der Waals surface area contributed by atoms with Crippen molar-refractivity contribution in [1.29, 1.82) is 0 Å². The van der Waals surface area contributed by atoms with Crippen LogP contribution in [0, 0.1) is 12.8 Å². The summed E-state index contributed by atoms with van der Waals surface area (Å²) in [5.41, 5.74) is 0. The molecule has 1 N–H and O–H groups in total. The van der Waals surface area contributed by atoms with E-state index in [1.807, 2.05) is 23.1 Å². The van der Waals surface area contributed by atoms with Gasteiger partial charge in [-0.05, 0) is 53.4 Å². The average Bonchev–Trinajstić information content (AvgIpc) is 2.46. The number of hydrogen-bond acceptors (Lipinski definition) is 3. The quantitative estimate of drug-likeness (QED) is 0.855.